The van der Waals surface area contributed by atoms with Gasteiger partial charge in [-0.2, -0.15) is 0 Å². The Kier molecular flexibility index (Phi) is 14.9. The van der Waals surface area contributed by atoms with Gasteiger partial charge in [0.2, 0.25) is 11.8 Å². The number of fused-ring (bicyclic) bond motifs is 8. The summed E-state index contributed by atoms with van der Waals surface area (Å²) in [6.07, 6.45) is 0.986. The van der Waals surface area contributed by atoms with Crippen molar-refractivity contribution in [2.45, 2.75) is 6.42 Å². The molecule has 440 valence electrons. The summed E-state index contributed by atoms with van der Waals surface area (Å²) >= 11 is 3.52. The van der Waals surface area contributed by atoms with Gasteiger partial charge in [0, 0.05) is 65.4 Å². The maximum Gasteiger partial charge on any atom is 0.227 e. The molecule has 18 rings (SSSR count). The van der Waals surface area contributed by atoms with Crippen molar-refractivity contribution < 1.29 is 8.83 Å². The van der Waals surface area contributed by atoms with Gasteiger partial charge >= 0.3 is 0 Å². The summed E-state index contributed by atoms with van der Waals surface area (Å²) in [6.45, 7) is 0. The van der Waals surface area contributed by atoms with Gasteiger partial charge in [-0.05, 0) is 108 Å². The van der Waals surface area contributed by atoms with Crippen LogP contribution in [0.4, 0.5) is 0 Å². The lowest BCUT2D eigenvalue weighted by atomic mass is 10.0. The fourth-order valence-corrected chi connectivity index (χ4v) is 12.3. The highest BCUT2D eigenvalue weighted by atomic mass is 79.9. The first kappa shape index (κ1) is 56.1. The van der Waals surface area contributed by atoms with Crippen LogP contribution in [0.1, 0.15) is 11.1 Å². The molecular weight excluding hydrogens is 1210 g/mol. The fourth-order valence-electron chi connectivity index (χ4n) is 11.9. The van der Waals surface area contributed by atoms with E-state index in [4.69, 9.17) is 38.7 Å². The Balaban J connectivity index is 0.000000122. The highest BCUT2D eigenvalue weighted by Crippen LogP contribution is 2.40. The molecule has 5 aromatic heterocycles. The van der Waals surface area contributed by atoms with Crippen LogP contribution in [0.3, 0.4) is 0 Å². The standard InChI is InChI=1S/C40H25N5O.C21H14BrN3.C20H13NO/c1-3-12-26(13-4-1)37-42-38(27-14-5-2-6-15-27)44-39(43-37)28-16-11-17-30(24-28)45-34-20-9-7-18-31(34)32-23-22-29(25-35(32)45)40-41-33-19-8-10-21-36(33)46-40;22-18-13-7-12-17(14-18)21-24-19(15-8-3-1-4-9-15)23-20(25-21)16-10-5-2-6-11-16;1-2-6-16-13(5-1)11-15-12-14(9-10-17(15)16)20-21-18-7-3-4-8-19(18)22-20/h1-25H;1-14H;1-10,12H,11H2. The quantitative estimate of drug-likeness (QED) is 0.137. The van der Waals surface area contributed by atoms with Crippen LogP contribution in [0.5, 0.6) is 0 Å². The lowest BCUT2D eigenvalue weighted by Crippen LogP contribution is -2.01. The predicted molar refractivity (Wildman–Crippen MR) is 375 cm³/mol. The monoisotopic (exact) mass is 1260 g/mol. The molecule has 12 heteroatoms. The second kappa shape index (κ2) is 24.7. The van der Waals surface area contributed by atoms with E-state index in [9.17, 15) is 0 Å². The Morgan fingerprint density at radius 2 is 0.699 bits per heavy atom. The zero-order valence-electron chi connectivity index (χ0n) is 49.8. The van der Waals surface area contributed by atoms with E-state index in [1.807, 2.05) is 194 Å². The maximum absolute atomic E-state index is 6.15. The third-order valence-corrected chi connectivity index (χ3v) is 16.9. The number of benzene rings is 12. The van der Waals surface area contributed by atoms with Crippen molar-refractivity contribution in [1.82, 2.24) is 44.4 Å². The van der Waals surface area contributed by atoms with Crippen molar-refractivity contribution >= 4 is 59.9 Å². The van der Waals surface area contributed by atoms with Crippen LogP contribution in [0.2, 0.25) is 0 Å². The third-order valence-electron chi connectivity index (χ3n) is 16.4. The van der Waals surface area contributed by atoms with Gasteiger partial charge in [-0.15, -0.1) is 0 Å². The molecule has 0 unspecified atom stereocenters. The van der Waals surface area contributed by atoms with Crippen LogP contribution in [0.25, 0.3) is 152 Å². The number of hydrogen-bond acceptors (Lipinski definition) is 10. The second-order valence-corrected chi connectivity index (χ2v) is 23.3. The Hall–Kier alpha value is -12.1. The van der Waals surface area contributed by atoms with Gasteiger partial charge in [-0.3, -0.25) is 0 Å². The Morgan fingerprint density at radius 1 is 0.280 bits per heavy atom. The summed E-state index contributed by atoms with van der Waals surface area (Å²) in [4.78, 5) is 38.2. The predicted octanol–water partition coefficient (Wildman–Crippen LogP) is 20.5. The number of oxazole rings is 2. The molecule has 0 N–H and O–H groups in total. The lowest BCUT2D eigenvalue weighted by Gasteiger charge is -2.12. The topological polar surface area (TPSA) is 134 Å². The zero-order chi connectivity index (χ0) is 62.0. The van der Waals surface area contributed by atoms with Crippen LogP contribution in [-0.2, 0) is 6.42 Å². The summed E-state index contributed by atoms with van der Waals surface area (Å²) in [5.41, 5.74) is 19.6. The largest absolute Gasteiger partial charge is 0.436 e. The summed E-state index contributed by atoms with van der Waals surface area (Å²) in [6, 6.07) is 102. The number of halogens is 1. The smallest absolute Gasteiger partial charge is 0.227 e. The molecule has 0 saturated carbocycles. The summed E-state index contributed by atoms with van der Waals surface area (Å²) in [5, 5.41) is 2.32. The van der Waals surface area contributed by atoms with Crippen LogP contribution < -0.4 is 0 Å². The molecule has 5 heterocycles. The molecule has 11 nitrogen and oxygen atoms in total. The minimum absolute atomic E-state index is 0.598. The minimum Gasteiger partial charge on any atom is -0.436 e. The molecule has 1 aliphatic carbocycles. The Labute approximate surface area is 543 Å². The van der Waals surface area contributed by atoms with E-state index in [1.165, 1.54) is 27.6 Å². The van der Waals surface area contributed by atoms with E-state index in [2.05, 4.69) is 140 Å². The molecule has 0 fully saturated rings. The van der Waals surface area contributed by atoms with Crippen molar-refractivity contribution in [1.29, 1.82) is 0 Å². The van der Waals surface area contributed by atoms with Gasteiger partial charge in [0.05, 0.1) is 11.0 Å². The average Bonchev–Trinajstić information content (AvgIpc) is 2.07. The summed E-state index contributed by atoms with van der Waals surface area (Å²) in [5.74, 6) is 5.18. The minimum atomic E-state index is 0.598. The van der Waals surface area contributed by atoms with Crippen molar-refractivity contribution in [3.05, 3.63) is 319 Å². The van der Waals surface area contributed by atoms with E-state index in [0.29, 0.717) is 46.7 Å². The fraction of sp³-hybridized carbons (Fsp3) is 0.0123. The van der Waals surface area contributed by atoms with Crippen LogP contribution in [0, 0.1) is 0 Å². The number of nitrogens with zero attached hydrogens (tertiary/aromatic N) is 9. The van der Waals surface area contributed by atoms with Gasteiger partial charge in [-0.1, -0.05) is 240 Å². The first-order valence-corrected chi connectivity index (χ1v) is 31.3. The zero-order valence-corrected chi connectivity index (χ0v) is 51.4. The van der Waals surface area contributed by atoms with E-state index in [-0.39, 0.29) is 0 Å². The number of rotatable bonds is 9. The van der Waals surface area contributed by atoms with E-state index in [0.717, 1.165) is 99.7 Å². The molecule has 0 saturated heterocycles. The Bertz CT molecular complexity index is 5400. The molecule has 1 aliphatic rings. The lowest BCUT2D eigenvalue weighted by molar-refractivity contribution is 0.619. The van der Waals surface area contributed by atoms with Crippen LogP contribution in [-0.4, -0.2) is 44.4 Å². The second-order valence-electron chi connectivity index (χ2n) is 22.4. The van der Waals surface area contributed by atoms with Crippen molar-refractivity contribution in [3.8, 4) is 108 Å². The molecule has 0 bridgehead atoms. The number of hydrogen-bond donors (Lipinski definition) is 0. The average molecular weight is 1260 g/mol. The Morgan fingerprint density at radius 3 is 1.25 bits per heavy atom. The molecule has 0 radical (unpaired) electrons. The van der Waals surface area contributed by atoms with Gasteiger partial charge in [-0.25, -0.2) is 39.9 Å². The van der Waals surface area contributed by atoms with Crippen LogP contribution >= 0.6 is 15.9 Å². The number of aromatic nitrogens is 9. The van der Waals surface area contributed by atoms with Crippen LogP contribution in [0.15, 0.2) is 317 Å². The first-order chi connectivity index (χ1) is 46.0. The van der Waals surface area contributed by atoms with Crippen molar-refractivity contribution in [2.75, 3.05) is 0 Å². The van der Waals surface area contributed by atoms with Crippen molar-refractivity contribution in [2.24, 2.45) is 0 Å². The van der Waals surface area contributed by atoms with E-state index < -0.39 is 0 Å². The SMILES string of the molecule is Brc1cccc(-c2nc(-c3ccccc3)nc(-c3ccccc3)n2)c1.c1ccc(-c2nc(-c3ccccc3)nc(-c3cccc(-n4c5ccccc5c5ccc(-c6nc7ccccc7o6)cc54)c3)n2)cc1.c1ccc2c(c1)Cc1cc(-c3nc4ccccc4o3)ccc1-2. The summed E-state index contributed by atoms with van der Waals surface area (Å²) in [7, 11) is 0. The van der Waals surface area contributed by atoms with E-state index in [1.54, 1.807) is 0 Å². The highest BCUT2D eigenvalue weighted by Gasteiger charge is 2.21. The molecule has 12 aromatic carbocycles. The summed E-state index contributed by atoms with van der Waals surface area (Å²) < 4.78 is 15.3. The third kappa shape index (κ3) is 11.4. The van der Waals surface area contributed by atoms with Gasteiger partial charge in [0.25, 0.3) is 0 Å². The highest BCUT2D eigenvalue weighted by molar-refractivity contribution is 9.10. The van der Waals surface area contributed by atoms with E-state index >= 15 is 0 Å². The van der Waals surface area contributed by atoms with Gasteiger partial charge in [0.15, 0.2) is 46.1 Å². The molecule has 0 spiro atoms. The normalized spacial score (nSPS) is 11.5. The molecule has 0 atom stereocenters. The molecule has 93 heavy (non-hydrogen) atoms. The molecule has 17 aromatic rings. The number of para-hydroxylation sites is 5. The molecule has 0 amide bonds. The van der Waals surface area contributed by atoms with Gasteiger partial charge < -0.3 is 13.4 Å². The first-order valence-electron chi connectivity index (χ1n) is 30.5. The van der Waals surface area contributed by atoms with Crippen molar-refractivity contribution in [3.63, 3.8) is 0 Å². The molecular formula is C81H52BrN9O2. The van der Waals surface area contributed by atoms with Gasteiger partial charge in [0.1, 0.15) is 11.0 Å². The maximum atomic E-state index is 6.15. The molecule has 0 aliphatic heterocycles.